The predicted octanol–water partition coefficient (Wildman–Crippen LogP) is 7.81. The van der Waals surface area contributed by atoms with Gasteiger partial charge in [-0.2, -0.15) is 0 Å². The second kappa shape index (κ2) is 31.4. The van der Waals surface area contributed by atoms with Crippen LogP contribution in [0.2, 0.25) is 0 Å². The smallest absolute Gasteiger partial charge is 1.00 e. The summed E-state index contributed by atoms with van der Waals surface area (Å²) in [7, 11) is 2.80. The molecule has 2 radical (unpaired) electrons. The third kappa shape index (κ3) is 14.6. The molecule has 4 aliphatic rings. The molecule has 4 aliphatic heterocycles. The van der Waals surface area contributed by atoms with Gasteiger partial charge in [0.05, 0.1) is 59.8 Å². The van der Waals surface area contributed by atoms with Crippen LogP contribution in [0.15, 0.2) is 48.5 Å². The maximum atomic E-state index is 12.2. The molecular weight excluding hydrogens is 1240 g/mol. The number of carbonyl (C=O) groups excluding carboxylic acids is 2. The van der Waals surface area contributed by atoms with Crippen molar-refractivity contribution in [1.29, 1.82) is 0 Å². The van der Waals surface area contributed by atoms with Crippen LogP contribution in [0.1, 0.15) is 197 Å². The third-order valence-electron chi connectivity index (χ3n) is 17.5. The van der Waals surface area contributed by atoms with Gasteiger partial charge >= 0.3 is 45.5 Å². The van der Waals surface area contributed by atoms with Crippen molar-refractivity contribution < 1.29 is 87.6 Å². The molecule has 6 aromatic heterocycles. The van der Waals surface area contributed by atoms with E-state index in [1.165, 1.54) is 47.6 Å². The SMILES string of the molecule is CCC1=C(C)c2cc3[n-]c(cc4nc(cc5[n-]c(cc1n2)c(C)c5CCC(=O)OC)C(CCC(=O)OC)=C4C)c(C)c3CC.CCC1=C(C)c2cc3[n-]c(cc4nc(cc5[n-]c(cc1n2)c(C)c5CCCO)C(CCCO)=C4C)c(C)c3CC.[Cl-].[Cl-].[Co+2].[Co+2]. The van der Waals surface area contributed by atoms with E-state index in [9.17, 15) is 19.8 Å². The van der Waals surface area contributed by atoms with Crippen LogP contribution in [0.25, 0.3) is 88.7 Å². The molecule has 0 atom stereocenters. The minimum absolute atomic E-state index is 0. The second-order valence-electron chi connectivity index (χ2n) is 22.3. The van der Waals surface area contributed by atoms with Gasteiger partial charge < -0.3 is 64.4 Å². The van der Waals surface area contributed by atoms with Gasteiger partial charge in [-0.05, 0) is 164 Å². The second-order valence-corrected chi connectivity index (χ2v) is 22.3. The molecule has 470 valence electrons. The molecule has 0 saturated heterocycles. The Labute approximate surface area is 550 Å². The summed E-state index contributed by atoms with van der Waals surface area (Å²) in [4.78, 5) is 65.1. The van der Waals surface area contributed by atoms with Crippen molar-refractivity contribution in [3.05, 3.63) is 139 Å². The largest absolute Gasteiger partial charge is 2.00 e. The number of methoxy groups -OCH3 is 2. The predicted molar refractivity (Wildman–Crippen MR) is 339 cm³/mol. The van der Waals surface area contributed by atoms with Crippen LogP contribution < -0.4 is 44.7 Å². The molecule has 0 amide bonds. The summed E-state index contributed by atoms with van der Waals surface area (Å²) in [5.74, 6) is -0.550. The first kappa shape index (κ1) is 72.4. The van der Waals surface area contributed by atoms with E-state index in [0.29, 0.717) is 25.7 Å². The van der Waals surface area contributed by atoms with Crippen molar-refractivity contribution in [3.8, 4) is 0 Å². The van der Waals surface area contributed by atoms with Gasteiger partial charge in [-0.3, -0.25) is 9.59 Å². The number of allylic oxidation sites excluding steroid dienone is 8. The Kier molecular flexibility index (Phi) is 25.8. The molecule has 2 N–H and O–H groups in total. The Morgan fingerprint density at radius 2 is 0.648 bits per heavy atom. The van der Waals surface area contributed by atoms with Crippen LogP contribution in [0.5, 0.6) is 0 Å². The van der Waals surface area contributed by atoms with Gasteiger partial charge in [-0.1, -0.05) is 121 Å². The van der Waals surface area contributed by atoms with Crippen molar-refractivity contribution in [3.63, 3.8) is 0 Å². The summed E-state index contributed by atoms with van der Waals surface area (Å²) >= 11 is 0. The Morgan fingerprint density at radius 1 is 0.375 bits per heavy atom. The quantitative estimate of drug-likeness (QED) is 0.0889. The number of aliphatic hydroxyl groups excluding tert-OH is 2. The topological polar surface area (TPSA) is 201 Å². The van der Waals surface area contributed by atoms with Crippen LogP contribution in [0.3, 0.4) is 0 Å². The van der Waals surface area contributed by atoms with Gasteiger partial charge in [0.15, 0.2) is 0 Å². The molecule has 10 rings (SSSR count). The summed E-state index contributed by atoms with van der Waals surface area (Å²) in [6.45, 7) is 25.8. The normalized spacial score (nSPS) is 12.7. The number of hydrogen-bond acceptors (Lipinski definition) is 10. The molecule has 10 heterocycles. The molecule has 88 heavy (non-hydrogen) atoms. The number of nitrogens with zero attached hydrogens (tertiary/aromatic N) is 8. The van der Waals surface area contributed by atoms with Crippen LogP contribution in [-0.4, -0.2) is 69.5 Å². The van der Waals surface area contributed by atoms with Gasteiger partial charge in [-0.15, -0.1) is 44.1 Å². The molecule has 18 heteroatoms. The third-order valence-corrected chi connectivity index (χ3v) is 17.5. The maximum absolute atomic E-state index is 12.2. The van der Waals surface area contributed by atoms with Gasteiger partial charge in [0, 0.05) is 26.1 Å². The van der Waals surface area contributed by atoms with E-state index in [1.54, 1.807) is 0 Å². The fourth-order valence-electron chi connectivity index (χ4n) is 12.4. The van der Waals surface area contributed by atoms with Crippen LogP contribution in [0.4, 0.5) is 0 Å². The molecule has 0 spiro atoms. The molecule has 6 aromatic rings. The first-order valence-corrected chi connectivity index (χ1v) is 29.8. The first-order chi connectivity index (χ1) is 40.4. The first-order valence-electron chi connectivity index (χ1n) is 29.8. The number of rotatable bonds is 16. The van der Waals surface area contributed by atoms with Crippen molar-refractivity contribution in [2.75, 3.05) is 27.4 Å². The van der Waals surface area contributed by atoms with Gasteiger partial charge in [-0.25, -0.2) is 19.9 Å². The van der Waals surface area contributed by atoms with E-state index < -0.39 is 0 Å². The molecular formula is C70H80Cl2Co2N8O6-2. The Morgan fingerprint density at radius 3 is 1.00 bits per heavy atom. The standard InChI is InChI=1S/C36H40N4O4.C34H40N4O2.2ClH.2Co/c1-9-23-19(3)27-15-28-21(5)25(11-13-35(41)43-7)33(39-28)18-34-26(12-14-36(42)44-8)22(6)30(40-34)17-32-24(10-2)20(4)29(38-32)16-31(23)37-27;1-7-23-19(3)27-15-28-21(5)25(11-9-13-39)33(37-28)18-34-26(12-10-14-40)22(6)30(38-34)17-32-24(8-2)20(4)29(36-32)16-31(23)35-27;;;;/h15-18H,9-14H2,1-8H3;15-18,39-40H,7-14H2,1-6H3;2*1H;;/q2*-2;;;2*+2/p-2. The molecule has 0 unspecified atom stereocenters. The van der Waals surface area contributed by atoms with Gasteiger partial charge in [0.1, 0.15) is 0 Å². The summed E-state index contributed by atoms with van der Waals surface area (Å²) < 4.78 is 9.89. The number of aryl methyl sites for hydroxylation is 8. The zero-order valence-corrected chi connectivity index (χ0v) is 56.6. The molecule has 0 fully saturated rings. The zero-order chi connectivity index (χ0) is 60.3. The van der Waals surface area contributed by atoms with Crippen molar-refractivity contribution >= 4 is 101 Å². The molecule has 0 saturated carbocycles. The van der Waals surface area contributed by atoms with Crippen molar-refractivity contribution in [2.45, 2.75) is 160 Å². The fourth-order valence-corrected chi connectivity index (χ4v) is 12.4. The molecule has 14 nitrogen and oxygen atoms in total. The van der Waals surface area contributed by atoms with Crippen LogP contribution in [-0.2, 0) is 78.3 Å². The number of esters is 2. The van der Waals surface area contributed by atoms with Crippen LogP contribution in [0, 0.1) is 27.7 Å². The summed E-state index contributed by atoms with van der Waals surface area (Å²) in [5.41, 5.74) is 32.1. The van der Waals surface area contributed by atoms with Gasteiger partial charge in [0.2, 0.25) is 0 Å². The number of halogens is 2. The number of ether oxygens (including phenoxy) is 2. The number of carbonyl (C=O) groups is 2. The van der Waals surface area contributed by atoms with E-state index in [2.05, 4.69) is 106 Å². The van der Waals surface area contributed by atoms with E-state index in [4.69, 9.17) is 49.3 Å². The van der Waals surface area contributed by atoms with Crippen LogP contribution >= 0.6 is 0 Å². The average molecular weight is 1320 g/mol. The van der Waals surface area contributed by atoms with Gasteiger partial charge in [0.25, 0.3) is 0 Å². The summed E-state index contributed by atoms with van der Waals surface area (Å²) in [5, 5.41) is 19.2. The average Bonchev–Trinajstić information content (AvgIpc) is 2.46. The number of aliphatic hydroxyl groups is 2. The van der Waals surface area contributed by atoms with Crippen molar-refractivity contribution in [2.24, 2.45) is 0 Å². The number of aromatic nitrogens is 8. The minimum Gasteiger partial charge on any atom is -1.00 e. The monoisotopic (exact) mass is 1320 g/mol. The summed E-state index contributed by atoms with van der Waals surface area (Å²) in [6, 6.07) is 16.6. The fraction of sp³-hybridized carbons (Fsp3) is 0.400. The number of fused-ring (bicyclic) bond motifs is 16. The van der Waals surface area contributed by atoms with E-state index in [-0.39, 0.29) is 96.4 Å². The molecule has 0 aromatic carbocycles. The molecule has 16 bridgehead atoms. The molecule has 0 aliphatic carbocycles. The van der Waals surface area contributed by atoms with E-state index in [0.717, 1.165) is 184 Å². The minimum atomic E-state index is -0.275. The Balaban J connectivity index is 0.000000308. The van der Waals surface area contributed by atoms with E-state index >= 15 is 0 Å². The zero-order valence-electron chi connectivity index (χ0n) is 53.0. The summed E-state index contributed by atoms with van der Waals surface area (Å²) in [6.07, 6.45) is 7.73. The number of hydrogen-bond donors (Lipinski definition) is 2. The Bertz CT molecular complexity index is 4120. The van der Waals surface area contributed by atoms with E-state index in [1.807, 2.05) is 26.0 Å². The Hall–Kier alpha value is -6.35. The van der Waals surface area contributed by atoms with Crippen molar-refractivity contribution in [1.82, 2.24) is 39.9 Å². The maximum Gasteiger partial charge on any atom is 2.00 e.